The van der Waals surface area contributed by atoms with Crippen LogP contribution in [0.5, 0.6) is 0 Å². The lowest BCUT2D eigenvalue weighted by Gasteiger charge is -2.27. The highest BCUT2D eigenvalue weighted by Gasteiger charge is 2.12. The molecule has 1 atom stereocenters. The van der Waals surface area contributed by atoms with E-state index in [0.29, 0.717) is 6.54 Å². The minimum atomic E-state index is 0. The standard InChI is InChI=1S/C17H28N4O2.HI/c1-18-17(19-8-9-21-10-12-23-13-11-21)20-14-16(22-2)15-6-4-3-5-7-15;/h3-7,16H,8-14H2,1-2H3,(H2,18,19,20);1H. The third-order valence-corrected chi connectivity index (χ3v) is 3.96. The molecule has 1 aromatic carbocycles. The van der Waals surface area contributed by atoms with Crippen LogP contribution >= 0.6 is 24.0 Å². The first-order chi connectivity index (χ1) is 11.3. The van der Waals surface area contributed by atoms with Crippen molar-refractivity contribution in [2.24, 2.45) is 4.99 Å². The van der Waals surface area contributed by atoms with Crippen LogP contribution in [0.2, 0.25) is 0 Å². The Hall–Kier alpha value is -0.900. The smallest absolute Gasteiger partial charge is 0.191 e. The molecule has 6 nitrogen and oxygen atoms in total. The zero-order valence-electron chi connectivity index (χ0n) is 14.5. The Kier molecular flexibility index (Phi) is 11.0. The van der Waals surface area contributed by atoms with Crippen LogP contribution in [0.3, 0.4) is 0 Å². The normalized spacial score (nSPS) is 17.0. The highest BCUT2D eigenvalue weighted by Crippen LogP contribution is 2.14. The van der Waals surface area contributed by atoms with Crippen molar-refractivity contribution in [3.8, 4) is 0 Å². The number of morpholine rings is 1. The fourth-order valence-corrected chi connectivity index (χ4v) is 2.57. The number of rotatable bonds is 7. The molecule has 1 aliphatic rings. The number of halogens is 1. The molecule has 0 aliphatic carbocycles. The molecule has 1 heterocycles. The van der Waals surface area contributed by atoms with Gasteiger partial charge in [-0.3, -0.25) is 9.89 Å². The fourth-order valence-electron chi connectivity index (χ4n) is 2.57. The molecular formula is C17H29IN4O2. The van der Waals surface area contributed by atoms with Crippen LogP contribution < -0.4 is 10.6 Å². The Bertz CT molecular complexity index is 467. The predicted octanol–water partition coefficient (Wildman–Crippen LogP) is 1.49. The molecule has 0 amide bonds. The van der Waals surface area contributed by atoms with Crippen LogP contribution in [-0.2, 0) is 9.47 Å². The number of benzene rings is 1. The molecule has 0 spiro atoms. The van der Waals surface area contributed by atoms with Crippen LogP contribution in [0.15, 0.2) is 35.3 Å². The summed E-state index contributed by atoms with van der Waals surface area (Å²) < 4.78 is 10.9. The third-order valence-electron chi connectivity index (χ3n) is 3.96. The first-order valence-electron chi connectivity index (χ1n) is 8.16. The summed E-state index contributed by atoms with van der Waals surface area (Å²) >= 11 is 0. The quantitative estimate of drug-likeness (QED) is 0.376. The summed E-state index contributed by atoms with van der Waals surface area (Å²) in [5.74, 6) is 0.802. The van der Waals surface area contributed by atoms with Gasteiger partial charge in [0.15, 0.2) is 5.96 Å². The molecule has 24 heavy (non-hydrogen) atoms. The predicted molar refractivity (Wildman–Crippen MR) is 108 cm³/mol. The molecule has 1 aliphatic heterocycles. The highest BCUT2D eigenvalue weighted by atomic mass is 127. The minimum Gasteiger partial charge on any atom is -0.379 e. The second-order valence-corrected chi connectivity index (χ2v) is 5.47. The first kappa shape index (κ1) is 21.1. The van der Waals surface area contributed by atoms with Crippen LogP contribution in [0.4, 0.5) is 0 Å². The minimum absolute atomic E-state index is 0. The Morgan fingerprint density at radius 2 is 1.96 bits per heavy atom. The van der Waals surface area contributed by atoms with E-state index in [1.54, 1.807) is 14.2 Å². The lowest BCUT2D eigenvalue weighted by atomic mass is 10.1. The van der Waals surface area contributed by atoms with E-state index in [9.17, 15) is 0 Å². The van der Waals surface area contributed by atoms with Gasteiger partial charge in [0.1, 0.15) is 0 Å². The number of nitrogens with zero attached hydrogens (tertiary/aromatic N) is 2. The maximum absolute atomic E-state index is 5.56. The monoisotopic (exact) mass is 448 g/mol. The van der Waals surface area contributed by atoms with Crippen LogP contribution in [-0.4, -0.2) is 71.0 Å². The van der Waals surface area contributed by atoms with Crippen molar-refractivity contribution >= 4 is 29.9 Å². The topological polar surface area (TPSA) is 58.1 Å². The zero-order valence-corrected chi connectivity index (χ0v) is 16.9. The van der Waals surface area contributed by atoms with Gasteiger partial charge in [-0.05, 0) is 5.56 Å². The van der Waals surface area contributed by atoms with Gasteiger partial charge in [-0.25, -0.2) is 0 Å². The number of hydrogen-bond acceptors (Lipinski definition) is 4. The number of ether oxygens (including phenoxy) is 2. The van der Waals surface area contributed by atoms with Crippen molar-refractivity contribution < 1.29 is 9.47 Å². The van der Waals surface area contributed by atoms with E-state index >= 15 is 0 Å². The van der Waals surface area contributed by atoms with Gasteiger partial charge in [-0.1, -0.05) is 30.3 Å². The zero-order chi connectivity index (χ0) is 16.3. The molecule has 0 bridgehead atoms. The average molecular weight is 448 g/mol. The van der Waals surface area contributed by atoms with Gasteiger partial charge in [-0.15, -0.1) is 24.0 Å². The molecule has 7 heteroatoms. The first-order valence-corrected chi connectivity index (χ1v) is 8.16. The molecule has 0 radical (unpaired) electrons. The van der Waals surface area contributed by atoms with E-state index in [1.807, 2.05) is 18.2 Å². The average Bonchev–Trinajstić information content (AvgIpc) is 2.62. The number of hydrogen-bond donors (Lipinski definition) is 2. The number of methoxy groups -OCH3 is 1. The van der Waals surface area contributed by atoms with Crippen molar-refractivity contribution in [1.29, 1.82) is 0 Å². The van der Waals surface area contributed by atoms with Gasteiger partial charge in [0.2, 0.25) is 0 Å². The Morgan fingerprint density at radius 3 is 2.58 bits per heavy atom. The highest BCUT2D eigenvalue weighted by molar-refractivity contribution is 14.0. The lowest BCUT2D eigenvalue weighted by Crippen LogP contribution is -2.45. The molecule has 2 N–H and O–H groups in total. The molecule has 2 rings (SSSR count). The molecule has 0 aromatic heterocycles. The third kappa shape index (κ3) is 7.33. The summed E-state index contributed by atoms with van der Waals surface area (Å²) in [4.78, 5) is 6.66. The van der Waals surface area contributed by atoms with E-state index in [2.05, 4.69) is 32.7 Å². The van der Waals surface area contributed by atoms with Gasteiger partial charge in [0.05, 0.1) is 19.3 Å². The molecule has 1 unspecified atom stereocenters. The summed E-state index contributed by atoms with van der Waals surface area (Å²) in [6.45, 7) is 6.22. The van der Waals surface area contributed by atoms with Crippen molar-refractivity contribution in [1.82, 2.24) is 15.5 Å². The fraction of sp³-hybridized carbons (Fsp3) is 0.588. The Morgan fingerprint density at radius 1 is 1.25 bits per heavy atom. The number of aliphatic imine (C=N–C) groups is 1. The van der Waals surface area contributed by atoms with E-state index in [0.717, 1.165) is 50.9 Å². The summed E-state index contributed by atoms with van der Waals surface area (Å²) in [5.41, 5.74) is 1.16. The van der Waals surface area contributed by atoms with E-state index in [4.69, 9.17) is 9.47 Å². The molecule has 0 saturated carbocycles. The van der Waals surface area contributed by atoms with Crippen molar-refractivity contribution in [3.05, 3.63) is 35.9 Å². The van der Waals surface area contributed by atoms with E-state index < -0.39 is 0 Å². The summed E-state index contributed by atoms with van der Waals surface area (Å²) in [7, 11) is 3.52. The van der Waals surface area contributed by atoms with Crippen molar-refractivity contribution in [2.75, 3.05) is 60.1 Å². The SMILES string of the molecule is CN=C(NCCN1CCOCC1)NCC(OC)c1ccccc1.I. The van der Waals surface area contributed by atoms with Crippen LogP contribution in [0.1, 0.15) is 11.7 Å². The number of nitrogens with one attached hydrogen (secondary N) is 2. The second-order valence-electron chi connectivity index (χ2n) is 5.47. The molecule has 1 fully saturated rings. The summed E-state index contributed by atoms with van der Waals surface area (Å²) in [6, 6.07) is 10.2. The Labute approximate surface area is 162 Å². The maximum atomic E-state index is 5.56. The summed E-state index contributed by atoms with van der Waals surface area (Å²) in [6.07, 6.45) is 0.00833. The van der Waals surface area contributed by atoms with Gasteiger partial charge in [0.25, 0.3) is 0 Å². The Balaban J connectivity index is 0.00000288. The molecule has 1 saturated heterocycles. The van der Waals surface area contributed by atoms with Gasteiger partial charge >= 0.3 is 0 Å². The van der Waals surface area contributed by atoms with Crippen LogP contribution in [0, 0.1) is 0 Å². The molecule has 136 valence electrons. The second kappa shape index (κ2) is 12.5. The number of guanidine groups is 1. The van der Waals surface area contributed by atoms with Gasteiger partial charge in [0, 0.05) is 46.9 Å². The van der Waals surface area contributed by atoms with Crippen LogP contribution in [0.25, 0.3) is 0 Å². The van der Waals surface area contributed by atoms with E-state index in [-0.39, 0.29) is 30.1 Å². The van der Waals surface area contributed by atoms with Gasteiger partial charge < -0.3 is 20.1 Å². The lowest BCUT2D eigenvalue weighted by molar-refractivity contribution is 0.0389. The molecular weight excluding hydrogens is 419 g/mol. The maximum Gasteiger partial charge on any atom is 0.191 e. The van der Waals surface area contributed by atoms with E-state index in [1.165, 1.54) is 0 Å². The largest absolute Gasteiger partial charge is 0.379 e. The molecule has 1 aromatic rings. The van der Waals surface area contributed by atoms with Gasteiger partial charge in [-0.2, -0.15) is 0 Å². The van der Waals surface area contributed by atoms with Crippen molar-refractivity contribution in [2.45, 2.75) is 6.10 Å². The summed E-state index contributed by atoms with van der Waals surface area (Å²) in [5, 5.41) is 6.68. The van der Waals surface area contributed by atoms with Crippen molar-refractivity contribution in [3.63, 3.8) is 0 Å².